The van der Waals surface area contributed by atoms with E-state index in [2.05, 4.69) is 142 Å². The van der Waals surface area contributed by atoms with Crippen molar-refractivity contribution in [2.24, 2.45) is 5.92 Å². The molecule has 3 nitrogen and oxygen atoms in total. The van der Waals surface area contributed by atoms with Crippen LogP contribution in [0.25, 0.3) is 76.8 Å². The molecule has 0 bridgehead atoms. The standard InChI is InChI=1S/C49H42GeN2O/c1-29(2)23-31-24-45-47-43(49(51(45)27-30(31)3)42-18-12-11-17-38(42)44-22-19-32(28-52(44)49)50(4,5)6)21-20-37-41-25-39-35-15-9-7-13-33(35)34-14-8-10-16-36(34)40(39)26-46(41)53-48(37)47/h7-22,24-29H,23H2,1-6H3/q+2/i3D3,23D2. The van der Waals surface area contributed by atoms with Crippen molar-refractivity contribution in [2.45, 2.75) is 50.0 Å². The molecule has 0 aliphatic carbocycles. The number of benzene rings is 6. The minimum atomic E-state index is -2.58. The first-order valence-corrected chi connectivity index (χ1v) is 26.0. The first-order valence-electron chi connectivity index (χ1n) is 21.1. The van der Waals surface area contributed by atoms with Crippen molar-refractivity contribution in [3.8, 4) is 22.5 Å². The molecule has 2 aliphatic heterocycles. The van der Waals surface area contributed by atoms with E-state index in [1.807, 2.05) is 19.9 Å². The molecule has 1 atom stereocenters. The monoisotopic (exact) mass is 753 g/mol. The predicted octanol–water partition coefficient (Wildman–Crippen LogP) is 10.9. The average Bonchev–Trinajstić information content (AvgIpc) is 3.82. The summed E-state index contributed by atoms with van der Waals surface area (Å²) in [5.41, 5.74) is 6.37. The number of fused-ring (bicyclic) bond motifs is 20. The second kappa shape index (κ2) is 10.7. The minimum absolute atomic E-state index is 0.0177. The maximum atomic E-state index is 9.37. The van der Waals surface area contributed by atoms with Gasteiger partial charge in [0.15, 0.2) is 0 Å². The summed E-state index contributed by atoms with van der Waals surface area (Å²) in [4.78, 5) is 0. The molecule has 11 rings (SSSR count). The molecule has 0 amide bonds. The molecule has 0 N–H and O–H groups in total. The van der Waals surface area contributed by atoms with E-state index in [9.17, 15) is 2.74 Å². The molecule has 2 aliphatic rings. The van der Waals surface area contributed by atoms with Gasteiger partial charge < -0.3 is 0 Å². The summed E-state index contributed by atoms with van der Waals surface area (Å²) in [7, 11) is 0. The molecule has 6 aromatic carbocycles. The fraction of sp³-hybridized carbons (Fsp3) is 0.184. The summed E-state index contributed by atoms with van der Waals surface area (Å²) in [6.07, 6.45) is 2.12. The van der Waals surface area contributed by atoms with E-state index >= 15 is 0 Å². The van der Waals surface area contributed by atoms with Gasteiger partial charge in [0.05, 0.1) is 0 Å². The van der Waals surface area contributed by atoms with Crippen molar-refractivity contribution in [1.29, 1.82) is 0 Å². The van der Waals surface area contributed by atoms with Gasteiger partial charge in [-0.05, 0) is 10.8 Å². The Balaban J connectivity index is 1.33. The van der Waals surface area contributed by atoms with E-state index in [4.69, 9.17) is 8.53 Å². The fourth-order valence-electron chi connectivity index (χ4n) is 9.45. The van der Waals surface area contributed by atoms with Gasteiger partial charge in [-0.25, -0.2) is 0 Å². The zero-order valence-corrected chi connectivity index (χ0v) is 32.6. The molecular formula is C49H42GeN2O+2. The fourth-order valence-corrected chi connectivity index (χ4v) is 11.8. The summed E-state index contributed by atoms with van der Waals surface area (Å²) in [5.74, 6) is 6.69. The number of aromatic nitrogens is 2. The Morgan fingerprint density at radius 3 is 2.02 bits per heavy atom. The quantitative estimate of drug-likeness (QED) is 0.100. The van der Waals surface area contributed by atoms with Crippen LogP contribution in [0.1, 0.15) is 43.0 Å². The van der Waals surface area contributed by atoms with Gasteiger partial charge in [0.25, 0.3) is 0 Å². The van der Waals surface area contributed by atoms with Gasteiger partial charge in [0.1, 0.15) is 0 Å². The third-order valence-electron chi connectivity index (χ3n) is 11.8. The number of nitrogens with zero attached hydrogens (tertiary/aromatic N) is 2. The molecule has 3 aromatic heterocycles. The van der Waals surface area contributed by atoms with Crippen LogP contribution in [0, 0.1) is 12.8 Å². The van der Waals surface area contributed by atoms with Gasteiger partial charge in [-0.1, -0.05) is 48.5 Å². The molecule has 5 heterocycles. The molecule has 256 valence electrons. The van der Waals surface area contributed by atoms with E-state index in [-0.39, 0.29) is 11.1 Å². The van der Waals surface area contributed by atoms with Gasteiger partial charge in [0, 0.05) is 0 Å². The number of hydrogen-bond donors (Lipinski definition) is 0. The number of hydrogen-bond acceptors (Lipinski definition) is 1. The molecule has 1 unspecified atom stereocenters. The first kappa shape index (κ1) is 26.5. The van der Waals surface area contributed by atoms with Crippen LogP contribution in [-0.2, 0) is 12.0 Å². The SMILES string of the molecule is [2H]C([2H])([2H])c1c[n+]2c(cc1C([2H])([2H])C(C)C)-c1c(ccc3c1oc1cc4c5ccccc5c5ccccc5c4cc13)C21c2ccccc2-c2cc[c]([Ge]([CH3])([CH3])[CH3])c[n+]21. The Bertz CT molecular complexity index is 3290. The summed E-state index contributed by atoms with van der Waals surface area (Å²) < 4.78 is 58.2. The van der Waals surface area contributed by atoms with Gasteiger partial charge in [0.2, 0.25) is 0 Å². The molecule has 0 fully saturated rings. The van der Waals surface area contributed by atoms with E-state index in [0.29, 0.717) is 5.58 Å². The number of pyridine rings is 2. The van der Waals surface area contributed by atoms with Crippen molar-refractivity contribution in [3.63, 3.8) is 0 Å². The van der Waals surface area contributed by atoms with Crippen LogP contribution in [-0.4, -0.2) is 13.3 Å². The Hall–Kier alpha value is -5.26. The maximum absolute atomic E-state index is 9.37. The van der Waals surface area contributed by atoms with Crippen molar-refractivity contribution < 1.29 is 20.4 Å². The number of rotatable bonds is 3. The molecule has 4 heteroatoms. The Labute approximate surface area is 319 Å². The zero-order valence-electron chi connectivity index (χ0n) is 35.5. The third kappa shape index (κ3) is 4.06. The molecule has 0 radical (unpaired) electrons. The summed E-state index contributed by atoms with van der Waals surface area (Å²) >= 11 is -2.42. The first-order chi connectivity index (χ1) is 27.6. The van der Waals surface area contributed by atoms with Crippen LogP contribution < -0.4 is 13.5 Å². The second-order valence-electron chi connectivity index (χ2n) is 16.2. The van der Waals surface area contributed by atoms with E-state index in [0.717, 1.165) is 66.2 Å². The summed E-state index contributed by atoms with van der Waals surface area (Å²) in [6.45, 7) is 1.05. The Morgan fingerprint density at radius 2 is 1.32 bits per heavy atom. The average molecular weight is 753 g/mol. The predicted molar refractivity (Wildman–Crippen MR) is 222 cm³/mol. The van der Waals surface area contributed by atoms with Crippen LogP contribution in [0.5, 0.6) is 0 Å². The van der Waals surface area contributed by atoms with Crippen LogP contribution in [0.15, 0.2) is 132 Å². The van der Waals surface area contributed by atoms with Crippen molar-refractivity contribution in [3.05, 3.63) is 150 Å². The number of furan rings is 1. The molecule has 1 spiro atoms. The van der Waals surface area contributed by atoms with Crippen molar-refractivity contribution >= 4 is 71.9 Å². The van der Waals surface area contributed by atoms with E-state index in [1.54, 1.807) is 6.20 Å². The Morgan fingerprint density at radius 1 is 0.660 bits per heavy atom. The van der Waals surface area contributed by atoms with Gasteiger partial charge in [-0.15, -0.1) is 0 Å². The second-order valence-corrected chi connectivity index (χ2v) is 26.9. The van der Waals surface area contributed by atoms with E-state index < -0.39 is 38.1 Å². The molecule has 0 saturated carbocycles. The van der Waals surface area contributed by atoms with Crippen LogP contribution >= 0.6 is 0 Å². The molecule has 9 aromatic rings. The zero-order chi connectivity index (χ0) is 40.3. The van der Waals surface area contributed by atoms with Crippen LogP contribution in [0.3, 0.4) is 0 Å². The molecule has 0 saturated heterocycles. The van der Waals surface area contributed by atoms with Crippen LogP contribution in [0.4, 0.5) is 0 Å². The summed E-state index contributed by atoms with van der Waals surface area (Å²) in [5, 5.41) is 8.97. The van der Waals surface area contributed by atoms with Crippen molar-refractivity contribution in [2.75, 3.05) is 0 Å². The van der Waals surface area contributed by atoms with Crippen LogP contribution in [0.2, 0.25) is 17.3 Å². The van der Waals surface area contributed by atoms with Gasteiger partial charge >= 0.3 is 261 Å². The topological polar surface area (TPSA) is 20.9 Å². The Kier molecular flexibility index (Phi) is 5.33. The molecular weight excluding hydrogens is 705 g/mol. The van der Waals surface area contributed by atoms with E-state index in [1.165, 1.54) is 20.6 Å². The summed E-state index contributed by atoms with van der Waals surface area (Å²) in [6, 6.07) is 40.7. The molecule has 53 heavy (non-hydrogen) atoms. The normalized spacial score (nSPS) is 18.0. The number of aryl methyl sites for hydroxylation is 1. The van der Waals surface area contributed by atoms with Gasteiger partial charge in [-0.3, -0.25) is 0 Å². The van der Waals surface area contributed by atoms with Gasteiger partial charge in [-0.2, -0.15) is 0 Å². The third-order valence-corrected chi connectivity index (χ3v) is 16.0. The van der Waals surface area contributed by atoms with Crippen molar-refractivity contribution in [1.82, 2.24) is 0 Å².